The second-order valence-electron chi connectivity index (χ2n) is 6.08. The van der Waals surface area contributed by atoms with Crippen molar-refractivity contribution >= 4 is 39.7 Å². The van der Waals surface area contributed by atoms with Gasteiger partial charge < -0.3 is 9.80 Å². The van der Waals surface area contributed by atoms with Crippen molar-refractivity contribution in [2.75, 3.05) is 50.0 Å². The zero-order valence-corrected chi connectivity index (χ0v) is 15.4. The first-order valence-electron chi connectivity index (χ1n) is 8.00. The molecule has 0 aromatic heterocycles. The fraction of sp³-hybridized carbons (Fsp3) is 0.533. The van der Waals surface area contributed by atoms with Crippen LogP contribution in [-0.4, -0.2) is 64.2 Å². The summed E-state index contributed by atoms with van der Waals surface area (Å²) in [5.74, 6) is 0.983. The van der Waals surface area contributed by atoms with E-state index in [4.69, 9.17) is 12.2 Å². The number of nitrogens with zero attached hydrogens (tertiary/aromatic N) is 4. The van der Waals surface area contributed by atoms with Crippen molar-refractivity contribution in [2.24, 2.45) is 0 Å². The highest BCUT2D eigenvalue weighted by atomic mass is 32.2. The molecule has 0 aliphatic carbocycles. The molecule has 2 fully saturated rings. The molecule has 0 spiro atoms. The summed E-state index contributed by atoms with van der Waals surface area (Å²) in [5.41, 5.74) is -1.29. The van der Waals surface area contributed by atoms with E-state index >= 15 is 0 Å². The lowest BCUT2D eigenvalue weighted by atomic mass is 10.1. The average molecular weight is 406 g/mol. The molecule has 2 aliphatic rings. The Morgan fingerprint density at radius 3 is 2.42 bits per heavy atom. The highest BCUT2D eigenvalue weighted by Gasteiger charge is 2.34. The molecule has 0 bridgehead atoms. The van der Waals surface area contributed by atoms with Gasteiger partial charge in [-0.2, -0.15) is 13.2 Å². The molecular formula is C15H17F3N4O2S2. The summed E-state index contributed by atoms with van der Waals surface area (Å²) in [6.45, 7) is 3.99. The molecule has 3 rings (SSSR count). The van der Waals surface area contributed by atoms with E-state index in [0.717, 1.165) is 29.4 Å². The number of alkyl halides is 3. The van der Waals surface area contributed by atoms with Crippen LogP contribution in [0.4, 0.5) is 24.5 Å². The molecule has 0 unspecified atom stereocenters. The SMILES string of the molecule is O=[N+]([O-])c1cc(C(F)(F)F)ccc1N1CCN(CN2CCSC2=S)CC1. The van der Waals surface area contributed by atoms with Crippen LogP contribution in [0, 0.1) is 10.1 Å². The maximum atomic E-state index is 12.8. The van der Waals surface area contributed by atoms with Crippen molar-refractivity contribution in [2.45, 2.75) is 6.18 Å². The third-order valence-corrected chi connectivity index (χ3v) is 5.93. The van der Waals surface area contributed by atoms with E-state index in [-0.39, 0.29) is 5.69 Å². The molecule has 26 heavy (non-hydrogen) atoms. The molecule has 0 atom stereocenters. The third kappa shape index (κ3) is 4.21. The predicted molar refractivity (Wildman–Crippen MR) is 98.5 cm³/mol. The maximum Gasteiger partial charge on any atom is 0.416 e. The van der Waals surface area contributed by atoms with Gasteiger partial charge in [-0.1, -0.05) is 24.0 Å². The van der Waals surface area contributed by atoms with Gasteiger partial charge in [0.05, 0.1) is 17.2 Å². The molecule has 0 saturated carbocycles. The monoisotopic (exact) mass is 406 g/mol. The van der Waals surface area contributed by atoms with Gasteiger partial charge in [0.2, 0.25) is 0 Å². The van der Waals surface area contributed by atoms with Crippen LogP contribution in [0.25, 0.3) is 0 Å². The molecule has 2 aliphatic heterocycles. The second-order valence-corrected chi connectivity index (χ2v) is 7.81. The van der Waals surface area contributed by atoms with Crippen molar-refractivity contribution < 1.29 is 18.1 Å². The van der Waals surface area contributed by atoms with E-state index in [1.54, 1.807) is 16.7 Å². The van der Waals surface area contributed by atoms with Crippen LogP contribution in [0.3, 0.4) is 0 Å². The van der Waals surface area contributed by atoms with E-state index < -0.39 is 22.4 Å². The molecule has 1 aromatic rings. The Morgan fingerprint density at radius 2 is 1.88 bits per heavy atom. The van der Waals surface area contributed by atoms with Crippen molar-refractivity contribution in [3.05, 3.63) is 33.9 Å². The lowest BCUT2D eigenvalue weighted by Gasteiger charge is -2.37. The number of thiocarbonyl (C=S) groups is 1. The first kappa shape index (κ1) is 19.2. The van der Waals surface area contributed by atoms with Crippen molar-refractivity contribution in [3.63, 3.8) is 0 Å². The van der Waals surface area contributed by atoms with Crippen molar-refractivity contribution in [1.82, 2.24) is 9.80 Å². The van der Waals surface area contributed by atoms with Gasteiger partial charge in [0, 0.05) is 44.5 Å². The summed E-state index contributed by atoms with van der Waals surface area (Å²) in [4.78, 5) is 16.6. The highest BCUT2D eigenvalue weighted by molar-refractivity contribution is 8.23. The number of halogens is 3. The standard InChI is InChI=1S/C15H17F3N4O2S2/c16-15(17,18)11-1-2-12(13(9-11)22(23)24)20-5-3-19(4-6-20)10-21-7-8-26-14(21)25/h1-2,9H,3-8,10H2. The smallest absolute Gasteiger partial charge is 0.363 e. The molecule has 1 aromatic carbocycles. The zero-order chi connectivity index (χ0) is 18.9. The van der Waals surface area contributed by atoms with Gasteiger partial charge in [-0.3, -0.25) is 15.0 Å². The Morgan fingerprint density at radius 1 is 1.19 bits per heavy atom. The summed E-state index contributed by atoms with van der Waals surface area (Å²) < 4.78 is 39.3. The van der Waals surface area contributed by atoms with Gasteiger partial charge in [0.1, 0.15) is 10.0 Å². The number of hydrogen-bond donors (Lipinski definition) is 0. The fourth-order valence-electron chi connectivity index (χ4n) is 3.04. The molecule has 0 N–H and O–H groups in total. The quantitative estimate of drug-likeness (QED) is 0.433. The number of nitro groups is 1. The van der Waals surface area contributed by atoms with Crippen molar-refractivity contribution in [1.29, 1.82) is 0 Å². The number of piperazine rings is 1. The topological polar surface area (TPSA) is 52.9 Å². The lowest BCUT2D eigenvalue weighted by Crippen LogP contribution is -2.50. The van der Waals surface area contributed by atoms with Gasteiger partial charge in [-0.15, -0.1) is 0 Å². The van der Waals surface area contributed by atoms with E-state index in [9.17, 15) is 23.3 Å². The molecule has 2 heterocycles. The van der Waals surface area contributed by atoms with E-state index in [1.165, 1.54) is 6.07 Å². The minimum atomic E-state index is -4.60. The average Bonchev–Trinajstić information content (AvgIpc) is 2.99. The van der Waals surface area contributed by atoms with Crippen molar-refractivity contribution in [3.8, 4) is 0 Å². The summed E-state index contributed by atoms with van der Waals surface area (Å²) in [7, 11) is 0. The lowest BCUT2D eigenvalue weighted by molar-refractivity contribution is -0.384. The van der Waals surface area contributed by atoms with E-state index in [1.807, 2.05) is 0 Å². The van der Waals surface area contributed by atoms with Gasteiger partial charge in [-0.25, -0.2) is 0 Å². The highest BCUT2D eigenvalue weighted by Crippen LogP contribution is 2.36. The van der Waals surface area contributed by atoms with Gasteiger partial charge in [-0.05, 0) is 12.1 Å². The Hall–Kier alpha value is -1.59. The predicted octanol–water partition coefficient (Wildman–Crippen LogP) is 3.03. The number of rotatable bonds is 4. The molecule has 0 amide bonds. The first-order valence-corrected chi connectivity index (χ1v) is 9.40. The Kier molecular flexibility index (Phi) is 5.58. The summed E-state index contributed by atoms with van der Waals surface area (Å²) in [5, 5.41) is 11.3. The largest absolute Gasteiger partial charge is 0.416 e. The number of benzene rings is 1. The summed E-state index contributed by atoms with van der Waals surface area (Å²) >= 11 is 6.93. The minimum absolute atomic E-state index is 0.231. The van der Waals surface area contributed by atoms with E-state index in [2.05, 4.69) is 9.80 Å². The number of anilines is 1. The summed E-state index contributed by atoms with van der Waals surface area (Å²) in [6, 6.07) is 2.71. The molecule has 142 valence electrons. The van der Waals surface area contributed by atoms with E-state index in [0.29, 0.717) is 32.2 Å². The number of hydrogen-bond acceptors (Lipinski definition) is 6. The Balaban J connectivity index is 1.68. The van der Waals surface area contributed by atoms with Crippen LogP contribution in [0.2, 0.25) is 0 Å². The molecule has 2 saturated heterocycles. The third-order valence-electron chi connectivity index (χ3n) is 4.43. The Bertz CT molecular complexity index is 709. The first-order chi connectivity index (χ1) is 12.3. The fourth-order valence-corrected chi connectivity index (χ4v) is 4.26. The van der Waals surface area contributed by atoms with Crippen LogP contribution < -0.4 is 4.90 Å². The van der Waals surface area contributed by atoms with Gasteiger partial charge in [0.25, 0.3) is 5.69 Å². The van der Waals surface area contributed by atoms with Crippen LogP contribution in [-0.2, 0) is 6.18 Å². The van der Waals surface area contributed by atoms with Gasteiger partial charge >= 0.3 is 6.18 Å². The van der Waals surface area contributed by atoms with Crippen LogP contribution >= 0.6 is 24.0 Å². The number of nitro benzene ring substituents is 1. The molecular weight excluding hydrogens is 389 g/mol. The normalized spacial score (nSPS) is 19.3. The second kappa shape index (κ2) is 7.57. The number of thioether (sulfide) groups is 1. The minimum Gasteiger partial charge on any atom is -0.363 e. The van der Waals surface area contributed by atoms with Crippen LogP contribution in [0.15, 0.2) is 18.2 Å². The van der Waals surface area contributed by atoms with Crippen LogP contribution in [0.1, 0.15) is 5.56 Å². The zero-order valence-electron chi connectivity index (χ0n) is 13.7. The van der Waals surface area contributed by atoms with Gasteiger partial charge in [0.15, 0.2) is 0 Å². The molecule has 6 nitrogen and oxygen atoms in total. The van der Waals surface area contributed by atoms with Crippen LogP contribution in [0.5, 0.6) is 0 Å². The molecule has 11 heteroatoms. The molecule has 0 radical (unpaired) electrons. The Labute approximate surface area is 158 Å². The summed E-state index contributed by atoms with van der Waals surface area (Å²) in [6.07, 6.45) is -4.60. The maximum absolute atomic E-state index is 12.8.